The fourth-order valence-corrected chi connectivity index (χ4v) is 4.96. The number of carboxylic acids is 1. The molecular weight excluding hydrogens is 438 g/mol. The number of hydrazone groups is 1. The van der Waals surface area contributed by atoms with E-state index in [9.17, 15) is 13.6 Å². The van der Waals surface area contributed by atoms with Crippen LogP contribution in [0.3, 0.4) is 0 Å². The first kappa shape index (κ1) is 24.2. The van der Waals surface area contributed by atoms with Gasteiger partial charge in [0, 0.05) is 12.1 Å². The normalized spacial score (nSPS) is 19.7. The number of halogens is 2. The third kappa shape index (κ3) is 5.57. The molecule has 1 aliphatic heterocycles. The molecule has 0 spiro atoms. The minimum Gasteiger partial charge on any atom is -0.485 e. The minimum absolute atomic E-state index is 0.0454. The van der Waals surface area contributed by atoms with Gasteiger partial charge in [-0.05, 0) is 67.5 Å². The van der Waals surface area contributed by atoms with E-state index in [-0.39, 0.29) is 24.6 Å². The van der Waals surface area contributed by atoms with Crippen molar-refractivity contribution in [2.24, 2.45) is 11.0 Å². The molecule has 4 rings (SSSR count). The van der Waals surface area contributed by atoms with Crippen molar-refractivity contribution in [2.45, 2.75) is 70.8 Å². The number of nitrogens with zero attached hydrogens (tertiary/aromatic N) is 2. The van der Waals surface area contributed by atoms with Crippen molar-refractivity contribution in [3.63, 3.8) is 0 Å². The van der Waals surface area contributed by atoms with Crippen molar-refractivity contribution in [1.29, 1.82) is 0 Å². The van der Waals surface area contributed by atoms with Gasteiger partial charge in [0.05, 0.1) is 17.6 Å². The molecule has 1 fully saturated rings. The van der Waals surface area contributed by atoms with Gasteiger partial charge in [-0.3, -0.25) is 9.80 Å². The van der Waals surface area contributed by atoms with E-state index in [4.69, 9.17) is 9.84 Å². The lowest BCUT2D eigenvalue weighted by Gasteiger charge is -2.26. The second-order valence-corrected chi connectivity index (χ2v) is 9.61. The summed E-state index contributed by atoms with van der Waals surface area (Å²) >= 11 is 0. The third-order valence-electron chi connectivity index (χ3n) is 6.83. The van der Waals surface area contributed by atoms with Crippen LogP contribution in [0.4, 0.5) is 14.5 Å². The van der Waals surface area contributed by atoms with Crippen LogP contribution in [0.2, 0.25) is 0 Å². The first-order valence-electron chi connectivity index (χ1n) is 12.1. The molecule has 2 atom stereocenters. The summed E-state index contributed by atoms with van der Waals surface area (Å²) in [5.41, 5.74) is 3.52. The maximum Gasteiger partial charge on any atom is 0.306 e. The number of hydrogen-bond acceptors (Lipinski definition) is 4. The SMILES string of the molecule is CC1=NN(c2ccc(C3CCCCC3)cc2)C(COc2c(F)cc(CC(C)C(=O)O)cc2F)C1. The molecule has 2 aliphatic rings. The minimum atomic E-state index is -1.01. The maximum absolute atomic E-state index is 14.6. The molecule has 0 bridgehead atoms. The molecule has 0 aromatic heterocycles. The van der Waals surface area contributed by atoms with E-state index < -0.39 is 29.3 Å². The van der Waals surface area contributed by atoms with Crippen molar-refractivity contribution in [3.8, 4) is 5.75 Å². The van der Waals surface area contributed by atoms with Crippen molar-refractivity contribution < 1.29 is 23.4 Å². The van der Waals surface area contributed by atoms with Gasteiger partial charge in [-0.15, -0.1) is 0 Å². The Morgan fingerprint density at radius 2 is 1.79 bits per heavy atom. The summed E-state index contributed by atoms with van der Waals surface area (Å²) in [4.78, 5) is 11.0. The van der Waals surface area contributed by atoms with Gasteiger partial charge in [0.2, 0.25) is 0 Å². The summed E-state index contributed by atoms with van der Waals surface area (Å²) in [6.45, 7) is 3.51. The molecule has 2 unspecified atom stereocenters. The molecule has 34 heavy (non-hydrogen) atoms. The molecule has 182 valence electrons. The van der Waals surface area contributed by atoms with E-state index in [2.05, 4.69) is 29.4 Å². The van der Waals surface area contributed by atoms with E-state index in [1.807, 2.05) is 11.9 Å². The number of anilines is 1. The van der Waals surface area contributed by atoms with Crippen LogP contribution in [0.25, 0.3) is 0 Å². The van der Waals surface area contributed by atoms with E-state index in [0.717, 1.165) is 23.5 Å². The Hall–Kier alpha value is -2.96. The number of benzene rings is 2. The van der Waals surface area contributed by atoms with E-state index in [0.29, 0.717) is 12.3 Å². The maximum atomic E-state index is 14.6. The standard InChI is InChI=1S/C27H32F2N2O3/c1-17(27(32)33)12-19-14-24(28)26(25(29)15-19)34-16-23-13-18(2)30-31(23)22-10-8-21(9-11-22)20-6-4-3-5-7-20/h8-11,14-15,17,20,23H,3-7,12-13,16H2,1-2H3,(H,32,33). The van der Waals surface area contributed by atoms with Gasteiger partial charge in [-0.1, -0.05) is 38.3 Å². The Morgan fingerprint density at radius 1 is 1.15 bits per heavy atom. The number of ether oxygens (including phenoxy) is 1. The lowest BCUT2D eigenvalue weighted by Crippen LogP contribution is -2.32. The van der Waals surface area contributed by atoms with Gasteiger partial charge in [0.25, 0.3) is 0 Å². The summed E-state index contributed by atoms with van der Waals surface area (Å²) in [6, 6.07) is 10.6. The highest BCUT2D eigenvalue weighted by atomic mass is 19.1. The summed E-state index contributed by atoms with van der Waals surface area (Å²) in [7, 11) is 0. The van der Waals surface area contributed by atoms with Crippen LogP contribution in [0.15, 0.2) is 41.5 Å². The summed E-state index contributed by atoms with van der Waals surface area (Å²) in [5.74, 6) is -3.22. The first-order chi connectivity index (χ1) is 16.3. The van der Waals surface area contributed by atoms with Gasteiger partial charge >= 0.3 is 5.97 Å². The molecule has 7 heteroatoms. The van der Waals surface area contributed by atoms with Crippen LogP contribution in [0.1, 0.15) is 69.4 Å². The van der Waals surface area contributed by atoms with Crippen LogP contribution in [0, 0.1) is 17.6 Å². The lowest BCUT2D eigenvalue weighted by atomic mass is 9.84. The van der Waals surface area contributed by atoms with Crippen LogP contribution in [0.5, 0.6) is 5.75 Å². The van der Waals surface area contributed by atoms with Crippen LogP contribution >= 0.6 is 0 Å². The molecule has 0 amide bonds. The van der Waals surface area contributed by atoms with Crippen molar-refractivity contribution in [1.82, 2.24) is 0 Å². The van der Waals surface area contributed by atoms with Gasteiger partial charge in [0.1, 0.15) is 6.61 Å². The monoisotopic (exact) mass is 470 g/mol. The second kappa shape index (κ2) is 10.5. The molecule has 2 aromatic carbocycles. The van der Waals surface area contributed by atoms with Crippen LogP contribution < -0.4 is 9.75 Å². The Morgan fingerprint density at radius 3 is 2.41 bits per heavy atom. The van der Waals surface area contributed by atoms with E-state index >= 15 is 0 Å². The number of carboxylic acid groups (broad SMARTS) is 1. The largest absolute Gasteiger partial charge is 0.485 e. The zero-order valence-corrected chi connectivity index (χ0v) is 19.8. The average Bonchev–Trinajstić information content (AvgIpc) is 3.19. The predicted molar refractivity (Wildman–Crippen MR) is 129 cm³/mol. The predicted octanol–water partition coefficient (Wildman–Crippen LogP) is 6.31. The lowest BCUT2D eigenvalue weighted by molar-refractivity contribution is -0.141. The van der Waals surface area contributed by atoms with Gasteiger partial charge in [-0.25, -0.2) is 8.78 Å². The Kier molecular flexibility index (Phi) is 7.49. The fraction of sp³-hybridized carbons (Fsp3) is 0.481. The molecule has 1 heterocycles. The second-order valence-electron chi connectivity index (χ2n) is 9.61. The quantitative estimate of drug-likeness (QED) is 0.491. The molecule has 0 saturated heterocycles. The fourth-order valence-electron chi connectivity index (χ4n) is 4.96. The van der Waals surface area contributed by atoms with Crippen molar-refractivity contribution in [3.05, 3.63) is 59.2 Å². The topological polar surface area (TPSA) is 62.1 Å². The molecule has 2 aromatic rings. The zero-order valence-electron chi connectivity index (χ0n) is 19.8. The number of carbonyl (C=O) groups is 1. The molecule has 1 saturated carbocycles. The molecule has 1 N–H and O–H groups in total. The summed E-state index contributed by atoms with van der Waals surface area (Å²) in [6.07, 6.45) is 7.06. The Balaban J connectivity index is 1.43. The van der Waals surface area contributed by atoms with Crippen molar-refractivity contribution >= 4 is 17.4 Å². The Labute approximate surface area is 199 Å². The van der Waals surface area contributed by atoms with Crippen LogP contribution in [-0.4, -0.2) is 29.4 Å². The molecule has 0 radical (unpaired) electrons. The number of hydrogen-bond donors (Lipinski definition) is 1. The Bertz CT molecular complexity index is 1030. The first-order valence-corrected chi connectivity index (χ1v) is 12.1. The molecule has 5 nitrogen and oxygen atoms in total. The number of aliphatic carboxylic acids is 1. The molecular formula is C27H32F2N2O3. The summed E-state index contributed by atoms with van der Waals surface area (Å²) < 4.78 is 34.8. The van der Waals surface area contributed by atoms with Gasteiger partial charge < -0.3 is 9.84 Å². The summed E-state index contributed by atoms with van der Waals surface area (Å²) in [5, 5.41) is 15.5. The van der Waals surface area contributed by atoms with E-state index in [1.165, 1.54) is 44.6 Å². The van der Waals surface area contributed by atoms with Gasteiger partial charge in [0.15, 0.2) is 17.4 Å². The number of rotatable bonds is 8. The average molecular weight is 471 g/mol. The smallest absolute Gasteiger partial charge is 0.306 e. The zero-order chi connectivity index (χ0) is 24.2. The van der Waals surface area contributed by atoms with E-state index in [1.54, 1.807) is 0 Å². The van der Waals surface area contributed by atoms with Gasteiger partial charge in [-0.2, -0.15) is 5.10 Å². The third-order valence-corrected chi connectivity index (χ3v) is 6.83. The highest BCUT2D eigenvalue weighted by Crippen LogP contribution is 2.34. The van der Waals surface area contributed by atoms with Crippen molar-refractivity contribution in [2.75, 3.05) is 11.6 Å². The molecule has 1 aliphatic carbocycles. The highest BCUT2D eigenvalue weighted by Gasteiger charge is 2.28. The highest BCUT2D eigenvalue weighted by molar-refractivity contribution is 5.86. The van der Waals surface area contributed by atoms with Crippen LogP contribution in [-0.2, 0) is 11.2 Å².